The Labute approximate surface area is 153 Å². The van der Waals surface area contributed by atoms with Crippen molar-refractivity contribution in [2.24, 2.45) is 0 Å². The van der Waals surface area contributed by atoms with Crippen LogP contribution in [-0.4, -0.2) is 13.1 Å². The van der Waals surface area contributed by atoms with Crippen LogP contribution in [0.25, 0.3) is 0 Å². The Hall–Kier alpha value is 0.170. The van der Waals surface area contributed by atoms with E-state index in [0.717, 1.165) is 12.8 Å². The number of hydrogen-bond acceptors (Lipinski definition) is 2. The summed E-state index contributed by atoms with van der Waals surface area (Å²) in [5.74, 6) is 0. The predicted octanol–water partition coefficient (Wildman–Crippen LogP) is 7.14. The molecular formula is C19H37BrO2S. The first-order chi connectivity index (χ1) is 11.1. The molecule has 0 unspecified atom stereocenters. The Balaban J connectivity index is 3.17. The molecule has 0 aliphatic carbocycles. The van der Waals surface area contributed by atoms with Gasteiger partial charge >= 0.3 is 0 Å². The van der Waals surface area contributed by atoms with E-state index in [1.807, 2.05) is 0 Å². The second-order valence-corrected chi connectivity index (χ2v) is 9.72. The van der Waals surface area contributed by atoms with Crippen molar-refractivity contribution in [3.8, 4) is 0 Å². The lowest BCUT2D eigenvalue weighted by Crippen LogP contribution is -1.94. The Morgan fingerprint density at radius 3 is 1.48 bits per heavy atom. The quantitative estimate of drug-likeness (QED) is 0.189. The maximum absolute atomic E-state index is 11.2. The zero-order valence-electron chi connectivity index (χ0n) is 15.1. The van der Waals surface area contributed by atoms with Crippen molar-refractivity contribution in [3.05, 3.63) is 11.5 Å². The SMILES string of the molecule is CCCCCCCCCCCCCCCCC=CS(=O)(=O)CBr. The number of rotatable bonds is 17. The van der Waals surface area contributed by atoms with Gasteiger partial charge in [0.2, 0.25) is 0 Å². The van der Waals surface area contributed by atoms with Gasteiger partial charge in [0.05, 0.1) is 0 Å². The number of sulfone groups is 1. The fraction of sp³-hybridized carbons (Fsp3) is 0.895. The first-order valence-corrected chi connectivity index (χ1v) is 12.4. The Morgan fingerprint density at radius 2 is 1.09 bits per heavy atom. The normalized spacial score (nSPS) is 12.3. The minimum Gasteiger partial charge on any atom is -0.223 e. The van der Waals surface area contributed by atoms with E-state index in [9.17, 15) is 8.42 Å². The van der Waals surface area contributed by atoms with Crippen molar-refractivity contribution in [2.45, 2.75) is 103 Å². The Bertz CT molecular complexity index is 364. The van der Waals surface area contributed by atoms with Crippen LogP contribution >= 0.6 is 15.9 Å². The molecule has 0 fully saturated rings. The van der Waals surface area contributed by atoms with E-state index in [-0.39, 0.29) is 4.66 Å². The highest BCUT2D eigenvalue weighted by Crippen LogP contribution is 2.13. The van der Waals surface area contributed by atoms with Gasteiger partial charge in [-0.1, -0.05) is 112 Å². The average molecular weight is 409 g/mol. The van der Waals surface area contributed by atoms with E-state index in [4.69, 9.17) is 0 Å². The smallest absolute Gasteiger partial charge is 0.181 e. The third kappa shape index (κ3) is 18.4. The van der Waals surface area contributed by atoms with E-state index in [1.54, 1.807) is 6.08 Å². The summed E-state index contributed by atoms with van der Waals surface area (Å²) < 4.78 is 22.4. The first kappa shape index (κ1) is 23.2. The van der Waals surface area contributed by atoms with Crippen molar-refractivity contribution in [2.75, 3.05) is 4.66 Å². The minimum absolute atomic E-state index is 0.0231. The summed E-state index contributed by atoms with van der Waals surface area (Å²) in [7, 11) is -3.00. The molecule has 0 bridgehead atoms. The van der Waals surface area contributed by atoms with Crippen LogP contribution in [-0.2, 0) is 9.84 Å². The average Bonchev–Trinajstić information content (AvgIpc) is 2.54. The van der Waals surface area contributed by atoms with Gasteiger partial charge in [-0.25, -0.2) is 8.42 Å². The molecule has 0 aromatic rings. The van der Waals surface area contributed by atoms with Crippen LogP contribution in [0.2, 0.25) is 0 Å². The summed E-state index contributed by atoms with van der Waals surface area (Å²) in [6.45, 7) is 2.27. The molecule has 0 amide bonds. The molecule has 0 heterocycles. The van der Waals surface area contributed by atoms with Gasteiger partial charge in [-0.2, -0.15) is 0 Å². The molecule has 0 atom stereocenters. The van der Waals surface area contributed by atoms with Crippen molar-refractivity contribution >= 4 is 25.8 Å². The van der Waals surface area contributed by atoms with Crippen molar-refractivity contribution in [1.29, 1.82) is 0 Å². The summed E-state index contributed by atoms with van der Waals surface area (Å²) in [5.41, 5.74) is 0. The molecule has 0 aliphatic heterocycles. The molecule has 0 aromatic carbocycles. The van der Waals surface area contributed by atoms with Crippen molar-refractivity contribution < 1.29 is 8.42 Å². The van der Waals surface area contributed by atoms with Crippen molar-refractivity contribution in [1.82, 2.24) is 0 Å². The second kappa shape index (κ2) is 17.0. The molecule has 2 nitrogen and oxygen atoms in total. The number of halogens is 1. The molecule has 23 heavy (non-hydrogen) atoms. The molecule has 4 heteroatoms. The fourth-order valence-corrected chi connectivity index (χ4v) is 3.67. The molecule has 0 radical (unpaired) electrons. The Kier molecular flexibility index (Phi) is 17.1. The van der Waals surface area contributed by atoms with Gasteiger partial charge < -0.3 is 0 Å². The fourth-order valence-electron chi connectivity index (χ4n) is 2.71. The first-order valence-electron chi connectivity index (χ1n) is 9.57. The van der Waals surface area contributed by atoms with E-state index in [2.05, 4.69) is 22.9 Å². The molecule has 0 aliphatic rings. The van der Waals surface area contributed by atoms with Gasteiger partial charge in [-0.05, 0) is 12.8 Å². The lowest BCUT2D eigenvalue weighted by atomic mass is 10.0. The topological polar surface area (TPSA) is 34.1 Å². The van der Waals surface area contributed by atoms with Gasteiger partial charge in [0, 0.05) is 5.41 Å². The maximum atomic E-state index is 11.2. The van der Waals surface area contributed by atoms with E-state index < -0.39 is 9.84 Å². The van der Waals surface area contributed by atoms with Crippen LogP contribution in [0.4, 0.5) is 0 Å². The van der Waals surface area contributed by atoms with E-state index in [1.165, 1.54) is 88.9 Å². The highest BCUT2D eigenvalue weighted by atomic mass is 79.9. The molecule has 0 N–H and O–H groups in total. The highest BCUT2D eigenvalue weighted by Gasteiger charge is 2.00. The predicted molar refractivity (Wildman–Crippen MR) is 107 cm³/mol. The van der Waals surface area contributed by atoms with Crippen molar-refractivity contribution in [3.63, 3.8) is 0 Å². The molecule has 138 valence electrons. The summed E-state index contributed by atoms with van der Waals surface area (Å²) in [5, 5.41) is 1.34. The second-order valence-electron chi connectivity index (χ2n) is 6.53. The molecule has 0 spiro atoms. The largest absolute Gasteiger partial charge is 0.223 e. The summed E-state index contributed by atoms with van der Waals surface area (Å²) in [6, 6.07) is 0. The molecule has 0 rings (SSSR count). The number of allylic oxidation sites excluding steroid dienone is 1. The number of hydrogen-bond donors (Lipinski definition) is 0. The summed E-state index contributed by atoms with van der Waals surface area (Å²) >= 11 is 2.98. The van der Waals surface area contributed by atoms with Crippen LogP contribution in [0.1, 0.15) is 103 Å². The monoisotopic (exact) mass is 408 g/mol. The lowest BCUT2D eigenvalue weighted by molar-refractivity contribution is 0.536. The summed E-state index contributed by atoms with van der Waals surface area (Å²) in [6.07, 6.45) is 21.6. The van der Waals surface area contributed by atoms with Gasteiger partial charge in [0.1, 0.15) is 4.66 Å². The van der Waals surface area contributed by atoms with Crippen LogP contribution in [0, 0.1) is 0 Å². The van der Waals surface area contributed by atoms with Crippen LogP contribution in [0.5, 0.6) is 0 Å². The van der Waals surface area contributed by atoms with Gasteiger partial charge in [0.15, 0.2) is 9.84 Å². The zero-order valence-corrected chi connectivity index (χ0v) is 17.5. The van der Waals surface area contributed by atoms with Crippen LogP contribution in [0.3, 0.4) is 0 Å². The van der Waals surface area contributed by atoms with Crippen LogP contribution in [0.15, 0.2) is 11.5 Å². The van der Waals surface area contributed by atoms with Gasteiger partial charge in [0.25, 0.3) is 0 Å². The number of unbranched alkanes of at least 4 members (excludes halogenated alkanes) is 14. The van der Waals surface area contributed by atoms with E-state index >= 15 is 0 Å². The lowest BCUT2D eigenvalue weighted by Gasteiger charge is -2.02. The third-order valence-electron chi connectivity index (χ3n) is 4.18. The standard InChI is InChI=1S/C19H37BrO2S/c1-2-3-4-5-6-7-8-9-10-11-12-13-14-15-16-17-18-23(21,22)19-20/h17-18H,2-16,19H2,1H3. The molecule has 0 aromatic heterocycles. The third-order valence-corrected chi connectivity index (χ3v) is 7.01. The molecule has 0 saturated carbocycles. The zero-order chi connectivity index (χ0) is 17.2. The maximum Gasteiger partial charge on any atom is 0.181 e. The van der Waals surface area contributed by atoms with Crippen LogP contribution < -0.4 is 0 Å². The van der Waals surface area contributed by atoms with E-state index in [0.29, 0.717) is 0 Å². The minimum atomic E-state index is -3.00. The number of alkyl halides is 1. The van der Waals surface area contributed by atoms with Gasteiger partial charge in [-0.3, -0.25) is 0 Å². The molecular weight excluding hydrogens is 372 g/mol. The van der Waals surface area contributed by atoms with Gasteiger partial charge in [-0.15, -0.1) is 0 Å². The highest BCUT2D eigenvalue weighted by molar-refractivity contribution is 9.10. The molecule has 0 saturated heterocycles. The Morgan fingerprint density at radius 1 is 0.696 bits per heavy atom. The summed E-state index contributed by atoms with van der Waals surface area (Å²) in [4.78, 5) is 0.